The Morgan fingerprint density at radius 3 is 2.35 bits per heavy atom. The van der Waals surface area contributed by atoms with Gasteiger partial charge in [0.2, 0.25) is 0 Å². The first-order valence-corrected chi connectivity index (χ1v) is 6.83. The molecule has 0 fully saturated rings. The van der Waals surface area contributed by atoms with Crippen molar-refractivity contribution in [3.63, 3.8) is 0 Å². The lowest BCUT2D eigenvalue weighted by Crippen LogP contribution is -2.12. The molecule has 0 saturated heterocycles. The van der Waals surface area contributed by atoms with E-state index >= 15 is 0 Å². The highest BCUT2D eigenvalue weighted by Gasteiger charge is 2.35. The molecule has 0 aromatic heterocycles. The number of hydrogen-bond acceptors (Lipinski definition) is 2. The topological polar surface area (TPSA) is 46.5 Å². The van der Waals surface area contributed by atoms with Gasteiger partial charge in [-0.1, -0.05) is 30.3 Å². The fraction of sp³-hybridized carbons (Fsp3) is 0.235. The van der Waals surface area contributed by atoms with Crippen molar-refractivity contribution in [3.8, 4) is 16.9 Å². The molecule has 0 bridgehead atoms. The summed E-state index contributed by atoms with van der Waals surface area (Å²) in [6.45, 7) is 1.35. The summed E-state index contributed by atoms with van der Waals surface area (Å²) in [5.41, 5.74) is -0.524. The van der Waals surface area contributed by atoms with Gasteiger partial charge in [0.1, 0.15) is 5.75 Å². The molecule has 6 heteroatoms. The highest BCUT2D eigenvalue weighted by Crippen LogP contribution is 2.41. The molecule has 0 spiro atoms. The number of rotatable bonds is 4. The number of ether oxygens (including phenoxy) is 1. The Morgan fingerprint density at radius 2 is 1.78 bits per heavy atom. The van der Waals surface area contributed by atoms with Gasteiger partial charge in [-0.25, -0.2) is 0 Å². The lowest BCUT2D eigenvalue weighted by molar-refractivity contribution is -0.139. The van der Waals surface area contributed by atoms with Gasteiger partial charge in [-0.3, -0.25) is 4.79 Å². The van der Waals surface area contributed by atoms with E-state index in [-0.39, 0.29) is 11.1 Å². The molecule has 122 valence electrons. The summed E-state index contributed by atoms with van der Waals surface area (Å²) in [5, 5.41) is 9.00. The molecule has 0 heterocycles. The zero-order valence-corrected chi connectivity index (χ0v) is 12.5. The first-order valence-electron chi connectivity index (χ1n) is 6.83. The third-order valence-electron chi connectivity index (χ3n) is 3.62. The van der Waals surface area contributed by atoms with Crippen molar-refractivity contribution in [3.05, 3.63) is 53.6 Å². The Hall–Kier alpha value is -2.50. The van der Waals surface area contributed by atoms with Gasteiger partial charge >= 0.3 is 12.1 Å². The van der Waals surface area contributed by atoms with Crippen LogP contribution >= 0.6 is 0 Å². The molecule has 1 atom stereocenters. The molecule has 23 heavy (non-hydrogen) atoms. The SMILES string of the molecule is COc1ccccc1-c1ccc(C(C)C(=O)O)cc1C(F)(F)F. The van der Waals surface area contributed by atoms with Gasteiger partial charge in [-0.05, 0) is 30.2 Å². The normalized spacial score (nSPS) is 12.7. The largest absolute Gasteiger partial charge is 0.496 e. The van der Waals surface area contributed by atoms with Gasteiger partial charge in [0.25, 0.3) is 0 Å². The van der Waals surface area contributed by atoms with Crippen LogP contribution in [0.15, 0.2) is 42.5 Å². The molecule has 1 N–H and O–H groups in total. The first-order chi connectivity index (χ1) is 10.8. The fourth-order valence-corrected chi connectivity index (χ4v) is 2.31. The molecule has 0 saturated carbocycles. The number of aliphatic carboxylic acids is 1. The van der Waals surface area contributed by atoms with Crippen LogP contribution in [-0.2, 0) is 11.0 Å². The number of para-hydroxylation sites is 1. The molecule has 1 unspecified atom stereocenters. The molecular weight excluding hydrogens is 309 g/mol. The third kappa shape index (κ3) is 3.47. The van der Waals surface area contributed by atoms with E-state index in [2.05, 4.69) is 0 Å². The lowest BCUT2D eigenvalue weighted by Gasteiger charge is -2.17. The summed E-state index contributed by atoms with van der Waals surface area (Å²) >= 11 is 0. The van der Waals surface area contributed by atoms with Gasteiger partial charge in [-0.2, -0.15) is 13.2 Å². The van der Waals surface area contributed by atoms with Crippen LogP contribution in [0.25, 0.3) is 11.1 Å². The Morgan fingerprint density at radius 1 is 1.13 bits per heavy atom. The summed E-state index contributed by atoms with van der Waals surface area (Å²) in [7, 11) is 1.38. The van der Waals surface area contributed by atoms with Crippen LogP contribution < -0.4 is 4.74 Å². The van der Waals surface area contributed by atoms with E-state index in [9.17, 15) is 18.0 Å². The number of hydrogen-bond donors (Lipinski definition) is 1. The van der Waals surface area contributed by atoms with Crippen molar-refractivity contribution < 1.29 is 27.8 Å². The van der Waals surface area contributed by atoms with E-state index in [0.29, 0.717) is 11.3 Å². The first kappa shape index (κ1) is 16.9. The maximum Gasteiger partial charge on any atom is 0.417 e. The van der Waals surface area contributed by atoms with Gasteiger partial charge in [-0.15, -0.1) is 0 Å². The summed E-state index contributed by atoms with van der Waals surface area (Å²) < 4.78 is 45.4. The number of benzene rings is 2. The fourth-order valence-electron chi connectivity index (χ4n) is 2.31. The van der Waals surface area contributed by atoms with E-state index < -0.39 is 23.6 Å². The molecular formula is C17H15F3O3. The van der Waals surface area contributed by atoms with E-state index in [0.717, 1.165) is 6.07 Å². The van der Waals surface area contributed by atoms with Crippen molar-refractivity contribution in [2.75, 3.05) is 7.11 Å². The van der Waals surface area contributed by atoms with Crippen molar-refractivity contribution >= 4 is 5.97 Å². The quantitative estimate of drug-likeness (QED) is 0.896. The van der Waals surface area contributed by atoms with Crippen LogP contribution in [0, 0.1) is 0 Å². The Labute approximate surface area is 131 Å². The number of carboxylic acid groups (broad SMARTS) is 1. The molecule has 0 aliphatic rings. The minimum atomic E-state index is -4.61. The standard InChI is InChI=1S/C17H15F3O3/c1-10(16(21)22)11-7-8-12(14(9-11)17(18,19)20)13-5-3-4-6-15(13)23-2/h3-10H,1-2H3,(H,21,22). The second-order valence-electron chi connectivity index (χ2n) is 5.06. The van der Waals surface area contributed by atoms with E-state index in [4.69, 9.17) is 9.84 Å². The second kappa shape index (κ2) is 6.32. The van der Waals surface area contributed by atoms with Gasteiger partial charge < -0.3 is 9.84 Å². The maximum atomic E-state index is 13.4. The third-order valence-corrected chi connectivity index (χ3v) is 3.62. The molecule has 0 aliphatic carbocycles. The van der Waals surface area contributed by atoms with E-state index in [1.807, 2.05) is 0 Å². The Bertz CT molecular complexity index is 723. The van der Waals surface area contributed by atoms with Gasteiger partial charge in [0.05, 0.1) is 18.6 Å². The molecule has 2 aromatic rings. The summed E-state index contributed by atoms with van der Waals surface area (Å²) in [6, 6.07) is 9.96. The zero-order valence-electron chi connectivity index (χ0n) is 12.5. The number of carbonyl (C=O) groups is 1. The minimum absolute atomic E-state index is 0.0451. The predicted octanol–water partition coefficient (Wildman–Crippen LogP) is 4.57. The minimum Gasteiger partial charge on any atom is -0.496 e. The number of carboxylic acids is 1. The van der Waals surface area contributed by atoms with Crippen molar-refractivity contribution in [1.82, 2.24) is 0 Å². The molecule has 2 rings (SSSR count). The van der Waals surface area contributed by atoms with Gasteiger partial charge in [0.15, 0.2) is 0 Å². The average Bonchev–Trinajstić information content (AvgIpc) is 2.52. The van der Waals surface area contributed by atoms with Gasteiger partial charge in [0, 0.05) is 5.56 Å². The van der Waals surface area contributed by atoms with Crippen molar-refractivity contribution in [2.24, 2.45) is 0 Å². The monoisotopic (exact) mass is 324 g/mol. The second-order valence-corrected chi connectivity index (χ2v) is 5.06. The molecule has 0 aliphatic heterocycles. The number of methoxy groups -OCH3 is 1. The highest BCUT2D eigenvalue weighted by atomic mass is 19.4. The van der Waals surface area contributed by atoms with E-state index in [1.54, 1.807) is 18.2 Å². The van der Waals surface area contributed by atoms with Crippen LogP contribution in [0.1, 0.15) is 24.0 Å². The summed E-state index contributed by atoms with van der Waals surface area (Å²) in [4.78, 5) is 11.0. The van der Waals surface area contributed by atoms with Crippen LogP contribution in [-0.4, -0.2) is 18.2 Å². The van der Waals surface area contributed by atoms with Crippen LogP contribution in [0.2, 0.25) is 0 Å². The predicted molar refractivity (Wildman–Crippen MR) is 79.5 cm³/mol. The lowest BCUT2D eigenvalue weighted by atomic mass is 9.92. The number of halogens is 3. The Kier molecular flexibility index (Phi) is 4.63. The molecule has 0 amide bonds. The highest BCUT2D eigenvalue weighted by molar-refractivity contribution is 5.78. The van der Waals surface area contributed by atoms with Crippen molar-refractivity contribution in [2.45, 2.75) is 19.0 Å². The molecule has 0 radical (unpaired) electrons. The zero-order chi connectivity index (χ0) is 17.2. The van der Waals surface area contributed by atoms with E-state index in [1.165, 1.54) is 32.2 Å². The summed E-state index contributed by atoms with van der Waals surface area (Å²) in [5.74, 6) is -1.89. The average molecular weight is 324 g/mol. The van der Waals surface area contributed by atoms with Crippen molar-refractivity contribution in [1.29, 1.82) is 0 Å². The molecule has 2 aromatic carbocycles. The summed E-state index contributed by atoms with van der Waals surface area (Å²) in [6.07, 6.45) is -4.61. The Balaban J connectivity index is 2.67. The number of alkyl halides is 3. The smallest absolute Gasteiger partial charge is 0.417 e. The van der Waals surface area contributed by atoms with Crippen LogP contribution in [0.4, 0.5) is 13.2 Å². The van der Waals surface area contributed by atoms with Crippen LogP contribution in [0.3, 0.4) is 0 Å². The molecule has 3 nitrogen and oxygen atoms in total. The van der Waals surface area contributed by atoms with Crippen LogP contribution in [0.5, 0.6) is 5.75 Å². The maximum absolute atomic E-state index is 13.4.